The number of aliphatic imine (C=N–C) groups is 1. The minimum absolute atomic E-state index is 0. The van der Waals surface area contributed by atoms with Crippen molar-refractivity contribution in [3.63, 3.8) is 0 Å². The highest BCUT2D eigenvalue weighted by molar-refractivity contribution is 14.0. The fourth-order valence-electron chi connectivity index (χ4n) is 2.72. The summed E-state index contributed by atoms with van der Waals surface area (Å²) in [4.78, 5) is 6.68. The summed E-state index contributed by atoms with van der Waals surface area (Å²) in [6, 6.07) is 5.92. The van der Waals surface area contributed by atoms with Gasteiger partial charge in [-0.25, -0.2) is 0 Å². The third kappa shape index (κ3) is 4.08. The van der Waals surface area contributed by atoms with E-state index < -0.39 is 0 Å². The van der Waals surface area contributed by atoms with Crippen LogP contribution in [0, 0.1) is 0 Å². The molecule has 0 aromatic carbocycles. The van der Waals surface area contributed by atoms with Gasteiger partial charge in [-0.2, -0.15) is 0 Å². The SMILES string of the molecule is I.NC(=NCCCc1nnc2ccccn12)N1CCCCC1. The first-order valence-corrected chi connectivity index (χ1v) is 7.68. The third-order valence-electron chi connectivity index (χ3n) is 3.90. The quantitative estimate of drug-likeness (QED) is 0.360. The molecule has 0 atom stereocenters. The molecule has 2 aromatic heterocycles. The number of hydrogen-bond acceptors (Lipinski definition) is 3. The summed E-state index contributed by atoms with van der Waals surface area (Å²) in [6.07, 6.45) is 7.55. The maximum atomic E-state index is 6.04. The zero-order chi connectivity index (χ0) is 14.5. The minimum Gasteiger partial charge on any atom is -0.370 e. The van der Waals surface area contributed by atoms with Crippen molar-refractivity contribution >= 4 is 35.6 Å². The zero-order valence-corrected chi connectivity index (χ0v) is 15.0. The first kappa shape index (κ1) is 17.0. The van der Waals surface area contributed by atoms with Crippen LogP contribution in [0.4, 0.5) is 0 Å². The lowest BCUT2D eigenvalue weighted by Gasteiger charge is -2.27. The van der Waals surface area contributed by atoms with Gasteiger partial charge in [0.1, 0.15) is 5.82 Å². The number of guanidine groups is 1. The molecule has 0 bridgehead atoms. The molecule has 2 aromatic rings. The molecule has 120 valence electrons. The van der Waals surface area contributed by atoms with Gasteiger partial charge in [0.05, 0.1) is 0 Å². The molecule has 1 aliphatic heterocycles. The molecule has 2 N–H and O–H groups in total. The van der Waals surface area contributed by atoms with E-state index in [9.17, 15) is 0 Å². The molecule has 7 heteroatoms. The smallest absolute Gasteiger partial charge is 0.191 e. The van der Waals surface area contributed by atoms with Crippen molar-refractivity contribution in [2.45, 2.75) is 32.1 Å². The fourth-order valence-corrected chi connectivity index (χ4v) is 2.72. The number of piperidine rings is 1. The largest absolute Gasteiger partial charge is 0.370 e. The topological polar surface area (TPSA) is 71.8 Å². The van der Waals surface area contributed by atoms with Gasteiger partial charge in [-0.1, -0.05) is 6.07 Å². The summed E-state index contributed by atoms with van der Waals surface area (Å²) < 4.78 is 2.03. The predicted octanol–water partition coefficient (Wildman–Crippen LogP) is 2.08. The number of halogens is 1. The van der Waals surface area contributed by atoms with Crippen molar-refractivity contribution in [3.05, 3.63) is 30.2 Å². The lowest BCUT2D eigenvalue weighted by molar-refractivity contribution is 0.338. The average Bonchev–Trinajstić information content (AvgIpc) is 2.95. The Kier molecular flexibility index (Phi) is 6.41. The highest BCUT2D eigenvalue weighted by Crippen LogP contribution is 2.08. The normalized spacial score (nSPS) is 15.8. The first-order valence-electron chi connectivity index (χ1n) is 7.68. The Labute approximate surface area is 147 Å². The molecular formula is C15H23IN6. The molecule has 0 amide bonds. The number of nitrogens with two attached hydrogens (primary N) is 1. The van der Waals surface area contributed by atoms with Crippen molar-refractivity contribution in [2.24, 2.45) is 10.7 Å². The van der Waals surface area contributed by atoms with Gasteiger partial charge in [0, 0.05) is 32.3 Å². The molecule has 0 unspecified atom stereocenters. The third-order valence-corrected chi connectivity index (χ3v) is 3.90. The van der Waals surface area contributed by atoms with Crippen molar-refractivity contribution in [1.82, 2.24) is 19.5 Å². The summed E-state index contributed by atoms with van der Waals surface area (Å²) in [5.74, 6) is 1.68. The van der Waals surface area contributed by atoms with E-state index in [2.05, 4.69) is 20.1 Å². The van der Waals surface area contributed by atoms with Crippen LogP contribution < -0.4 is 5.73 Å². The second-order valence-corrected chi connectivity index (χ2v) is 5.44. The van der Waals surface area contributed by atoms with E-state index in [1.54, 1.807) is 0 Å². The molecule has 3 heterocycles. The molecule has 6 nitrogen and oxygen atoms in total. The Morgan fingerprint density at radius 2 is 2.00 bits per heavy atom. The first-order chi connectivity index (χ1) is 10.3. The lowest BCUT2D eigenvalue weighted by Crippen LogP contribution is -2.40. The predicted molar refractivity (Wildman–Crippen MR) is 98.6 cm³/mol. The van der Waals surface area contributed by atoms with E-state index in [0.29, 0.717) is 5.96 Å². The van der Waals surface area contributed by atoms with Crippen LogP contribution in [0.5, 0.6) is 0 Å². The second-order valence-electron chi connectivity index (χ2n) is 5.44. The lowest BCUT2D eigenvalue weighted by atomic mass is 10.1. The van der Waals surface area contributed by atoms with Crippen LogP contribution in [0.3, 0.4) is 0 Å². The van der Waals surface area contributed by atoms with Crippen molar-refractivity contribution in [2.75, 3.05) is 19.6 Å². The van der Waals surface area contributed by atoms with Gasteiger partial charge in [-0.15, -0.1) is 34.2 Å². The molecule has 1 fully saturated rings. The van der Waals surface area contributed by atoms with Crippen molar-refractivity contribution in [3.8, 4) is 0 Å². The van der Waals surface area contributed by atoms with E-state index in [0.717, 1.165) is 43.9 Å². The maximum Gasteiger partial charge on any atom is 0.191 e. The average molecular weight is 414 g/mol. The number of rotatable bonds is 4. The van der Waals surface area contributed by atoms with Gasteiger partial charge in [-0.05, 0) is 37.8 Å². The molecular weight excluding hydrogens is 391 g/mol. The molecule has 0 radical (unpaired) electrons. The van der Waals surface area contributed by atoms with Gasteiger partial charge in [0.25, 0.3) is 0 Å². The Bertz CT molecular complexity index is 617. The van der Waals surface area contributed by atoms with Gasteiger partial charge in [0.2, 0.25) is 0 Å². The molecule has 0 spiro atoms. The fraction of sp³-hybridized carbons (Fsp3) is 0.533. The van der Waals surface area contributed by atoms with Crippen LogP contribution in [0.1, 0.15) is 31.5 Å². The highest BCUT2D eigenvalue weighted by Gasteiger charge is 2.11. The number of aromatic nitrogens is 3. The summed E-state index contributed by atoms with van der Waals surface area (Å²) >= 11 is 0. The van der Waals surface area contributed by atoms with Gasteiger partial charge in [-0.3, -0.25) is 9.39 Å². The number of fused-ring (bicyclic) bond motifs is 1. The van der Waals surface area contributed by atoms with Crippen LogP contribution in [0.2, 0.25) is 0 Å². The Morgan fingerprint density at radius 1 is 1.18 bits per heavy atom. The van der Waals surface area contributed by atoms with Crippen LogP contribution in [0.15, 0.2) is 29.4 Å². The molecule has 3 rings (SSSR count). The Balaban J connectivity index is 0.00000176. The summed E-state index contributed by atoms with van der Waals surface area (Å²) in [7, 11) is 0. The zero-order valence-electron chi connectivity index (χ0n) is 12.7. The van der Waals surface area contributed by atoms with E-state index in [1.165, 1.54) is 19.3 Å². The monoisotopic (exact) mass is 414 g/mol. The standard InChI is InChI=1S/C15H22N6.HI/c16-15(20-10-3-1-4-11-20)17-9-6-8-14-19-18-13-7-2-5-12-21(13)14;/h2,5,7,12H,1,3-4,6,8-11H2,(H2,16,17);1H. The van der Waals surface area contributed by atoms with Crippen molar-refractivity contribution in [1.29, 1.82) is 0 Å². The van der Waals surface area contributed by atoms with Crippen LogP contribution in [-0.4, -0.2) is 45.1 Å². The molecule has 0 saturated carbocycles. The number of nitrogens with zero attached hydrogens (tertiary/aromatic N) is 5. The van der Waals surface area contributed by atoms with Crippen LogP contribution in [0.25, 0.3) is 5.65 Å². The van der Waals surface area contributed by atoms with Gasteiger partial charge in [0.15, 0.2) is 11.6 Å². The number of likely N-dealkylation sites (tertiary alicyclic amines) is 1. The molecule has 1 saturated heterocycles. The summed E-state index contributed by atoms with van der Waals surface area (Å²) in [6.45, 7) is 2.83. The molecule has 1 aliphatic rings. The Hall–Kier alpha value is -1.38. The van der Waals surface area contributed by atoms with E-state index in [4.69, 9.17) is 5.73 Å². The van der Waals surface area contributed by atoms with Crippen molar-refractivity contribution < 1.29 is 0 Å². The molecule has 0 aliphatic carbocycles. The second kappa shape index (κ2) is 8.30. The van der Waals surface area contributed by atoms with Gasteiger partial charge < -0.3 is 10.6 Å². The van der Waals surface area contributed by atoms with E-state index in [-0.39, 0.29) is 24.0 Å². The number of aryl methyl sites for hydroxylation is 1. The molecule has 22 heavy (non-hydrogen) atoms. The van der Waals surface area contributed by atoms with Crippen LogP contribution >= 0.6 is 24.0 Å². The Morgan fingerprint density at radius 3 is 2.82 bits per heavy atom. The highest BCUT2D eigenvalue weighted by atomic mass is 127. The number of hydrogen-bond donors (Lipinski definition) is 1. The maximum absolute atomic E-state index is 6.04. The van der Waals surface area contributed by atoms with Gasteiger partial charge >= 0.3 is 0 Å². The van der Waals surface area contributed by atoms with E-state index in [1.807, 2.05) is 28.8 Å². The van der Waals surface area contributed by atoms with E-state index >= 15 is 0 Å². The van der Waals surface area contributed by atoms with Crippen LogP contribution in [-0.2, 0) is 6.42 Å². The summed E-state index contributed by atoms with van der Waals surface area (Å²) in [5, 5.41) is 8.37. The minimum atomic E-state index is 0. The number of pyridine rings is 1. The summed E-state index contributed by atoms with van der Waals surface area (Å²) in [5.41, 5.74) is 6.93.